The number of pyridine rings is 1. The Morgan fingerprint density at radius 3 is 2.61 bits per heavy atom. The van der Waals surface area contributed by atoms with E-state index in [0.29, 0.717) is 0 Å². The van der Waals surface area contributed by atoms with Crippen LogP contribution < -0.4 is 15.8 Å². The van der Waals surface area contributed by atoms with Crippen LogP contribution >= 0.6 is 0 Å². The number of nitrogens with zero attached hydrogens (tertiary/aromatic N) is 1. The van der Waals surface area contributed by atoms with Crippen LogP contribution in [0.5, 0.6) is 5.75 Å². The van der Waals surface area contributed by atoms with E-state index in [4.69, 9.17) is 5.73 Å². The molecule has 0 saturated heterocycles. The summed E-state index contributed by atoms with van der Waals surface area (Å²) in [6.45, 7) is 3.25. The van der Waals surface area contributed by atoms with Crippen LogP contribution in [0.25, 0.3) is 0 Å². The number of carbonyl (C=O) groups excluding carboxylic acids is 2. The monoisotopic (exact) mass is 253 g/mol. The predicted molar refractivity (Wildman–Crippen MR) is 63.1 cm³/mol. The Balaban J connectivity index is 2.62. The summed E-state index contributed by atoms with van der Waals surface area (Å²) in [6.07, 6.45) is 0.264. The maximum Gasteiger partial charge on any atom is 0.410 e. The molecule has 1 heterocycles. The number of primary amides is 1. The molecule has 4 N–H and O–H groups in total. The van der Waals surface area contributed by atoms with E-state index >= 15 is 0 Å². The topological polar surface area (TPSA) is 115 Å². The molecule has 0 saturated carbocycles. The van der Waals surface area contributed by atoms with Crippen molar-refractivity contribution >= 4 is 12.0 Å². The first-order valence-electron chi connectivity index (χ1n) is 5.22. The highest BCUT2D eigenvalue weighted by molar-refractivity contribution is 5.92. The Labute approximate surface area is 104 Å². The second kappa shape index (κ2) is 5.46. The molecule has 0 fully saturated rings. The highest BCUT2D eigenvalue weighted by Crippen LogP contribution is 2.09. The van der Waals surface area contributed by atoms with E-state index in [1.165, 1.54) is 18.3 Å². The molecular formula is C11H15N3O4. The van der Waals surface area contributed by atoms with Crippen LogP contribution in [0.15, 0.2) is 18.3 Å². The van der Waals surface area contributed by atoms with Crippen molar-refractivity contribution in [2.75, 3.05) is 6.54 Å². The highest BCUT2D eigenvalue weighted by Gasteiger charge is 2.15. The third-order valence-electron chi connectivity index (χ3n) is 1.87. The van der Waals surface area contributed by atoms with Gasteiger partial charge in [-0.2, -0.15) is 0 Å². The van der Waals surface area contributed by atoms with Crippen LogP contribution in [0.1, 0.15) is 24.3 Å². The van der Waals surface area contributed by atoms with Crippen LogP contribution in [0.2, 0.25) is 0 Å². The SMILES string of the molecule is CC(C)(O)CNC(=O)c1ccc(OC(N)=O)cn1. The molecule has 0 aliphatic carbocycles. The van der Waals surface area contributed by atoms with E-state index < -0.39 is 17.6 Å². The summed E-state index contributed by atoms with van der Waals surface area (Å²) in [4.78, 5) is 25.9. The minimum Gasteiger partial charge on any atom is -0.409 e. The van der Waals surface area contributed by atoms with Crippen molar-refractivity contribution in [1.29, 1.82) is 0 Å². The summed E-state index contributed by atoms with van der Waals surface area (Å²) < 4.78 is 4.57. The van der Waals surface area contributed by atoms with E-state index in [9.17, 15) is 14.7 Å². The van der Waals surface area contributed by atoms with Crippen LogP contribution in [-0.2, 0) is 0 Å². The van der Waals surface area contributed by atoms with E-state index in [2.05, 4.69) is 15.0 Å². The Hall–Kier alpha value is -2.15. The van der Waals surface area contributed by atoms with Gasteiger partial charge < -0.3 is 20.9 Å². The molecule has 1 aromatic heterocycles. The Morgan fingerprint density at radius 1 is 1.50 bits per heavy atom. The Bertz CT molecular complexity index is 437. The fourth-order valence-corrected chi connectivity index (χ4v) is 1.08. The summed E-state index contributed by atoms with van der Waals surface area (Å²) in [5, 5.41) is 12.0. The van der Waals surface area contributed by atoms with Crippen molar-refractivity contribution in [2.24, 2.45) is 5.73 Å². The van der Waals surface area contributed by atoms with Crippen molar-refractivity contribution in [1.82, 2.24) is 10.3 Å². The molecule has 0 aromatic carbocycles. The van der Waals surface area contributed by atoms with Gasteiger partial charge in [-0.3, -0.25) is 4.79 Å². The third kappa shape index (κ3) is 4.79. The molecular weight excluding hydrogens is 238 g/mol. The number of amides is 2. The van der Waals surface area contributed by atoms with E-state index in [-0.39, 0.29) is 18.0 Å². The number of hydrogen-bond donors (Lipinski definition) is 3. The molecule has 18 heavy (non-hydrogen) atoms. The number of aromatic nitrogens is 1. The zero-order chi connectivity index (χ0) is 13.8. The quantitative estimate of drug-likeness (QED) is 0.700. The van der Waals surface area contributed by atoms with Crippen LogP contribution in [0.3, 0.4) is 0 Å². The highest BCUT2D eigenvalue weighted by atomic mass is 16.5. The van der Waals surface area contributed by atoms with Gasteiger partial charge in [0.05, 0.1) is 11.8 Å². The summed E-state index contributed by atoms with van der Waals surface area (Å²) in [7, 11) is 0. The Kier molecular flexibility index (Phi) is 4.22. The number of ether oxygens (including phenoxy) is 1. The molecule has 7 heteroatoms. The van der Waals surface area contributed by atoms with Crippen LogP contribution in [-0.4, -0.2) is 34.2 Å². The molecule has 1 aromatic rings. The largest absolute Gasteiger partial charge is 0.410 e. The van der Waals surface area contributed by atoms with Crippen LogP contribution in [0, 0.1) is 0 Å². The molecule has 0 aliphatic heterocycles. The summed E-state index contributed by atoms with van der Waals surface area (Å²) in [5.74, 6) is -0.274. The smallest absolute Gasteiger partial charge is 0.409 e. The maximum atomic E-state index is 11.6. The summed E-state index contributed by atoms with van der Waals surface area (Å²) in [5.41, 5.74) is 3.98. The molecule has 1 rings (SSSR count). The van der Waals surface area contributed by atoms with E-state index in [1.807, 2.05) is 0 Å². The fraction of sp³-hybridized carbons (Fsp3) is 0.364. The number of hydrogen-bond acceptors (Lipinski definition) is 5. The minimum absolute atomic E-state index is 0.104. The van der Waals surface area contributed by atoms with Gasteiger partial charge in [-0.1, -0.05) is 0 Å². The average Bonchev–Trinajstić information content (AvgIpc) is 2.25. The van der Waals surface area contributed by atoms with Gasteiger partial charge in [-0.25, -0.2) is 9.78 Å². The first kappa shape index (κ1) is 13.9. The van der Waals surface area contributed by atoms with Crippen molar-refractivity contribution < 1.29 is 19.4 Å². The van der Waals surface area contributed by atoms with Crippen molar-refractivity contribution in [3.8, 4) is 5.75 Å². The van der Waals surface area contributed by atoms with Gasteiger partial charge in [-0.05, 0) is 26.0 Å². The molecule has 98 valence electrons. The van der Waals surface area contributed by atoms with Gasteiger partial charge in [0.15, 0.2) is 5.75 Å². The zero-order valence-corrected chi connectivity index (χ0v) is 10.1. The molecule has 2 amide bonds. The predicted octanol–water partition coefficient (Wildman–Crippen LogP) is 0.0398. The minimum atomic E-state index is -0.995. The van der Waals surface area contributed by atoms with Gasteiger partial charge in [0.25, 0.3) is 5.91 Å². The van der Waals surface area contributed by atoms with Gasteiger partial charge >= 0.3 is 6.09 Å². The first-order valence-corrected chi connectivity index (χ1v) is 5.22. The molecule has 0 atom stereocenters. The molecule has 7 nitrogen and oxygen atoms in total. The lowest BCUT2D eigenvalue weighted by molar-refractivity contribution is 0.0692. The maximum absolute atomic E-state index is 11.6. The molecule has 0 radical (unpaired) electrons. The van der Waals surface area contributed by atoms with Gasteiger partial charge in [0.2, 0.25) is 0 Å². The molecule has 0 spiro atoms. The zero-order valence-electron chi connectivity index (χ0n) is 10.1. The molecule has 0 bridgehead atoms. The second-order valence-corrected chi connectivity index (χ2v) is 4.30. The molecule has 0 aliphatic rings. The van der Waals surface area contributed by atoms with Gasteiger partial charge in [0.1, 0.15) is 5.69 Å². The number of nitrogens with one attached hydrogen (secondary N) is 1. The fourth-order valence-electron chi connectivity index (χ4n) is 1.08. The molecule has 0 unspecified atom stereocenters. The van der Waals surface area contributed by atoms with Crippen molar-refractivity contribution in [3.63, 3.8) is 0 Å². The standard InChI is InChI=1S/C11H15N3O4/c1-11(2,17)6-14-9(15)8-4-3-7(5-13-8)18-10(12)16/h3-5,17H,6H2,1-2H3,(H2,12,16)(H,14,15). The van der Waals surface area contributed by atoms with Crippen molar-refractivity contribution in [2.45, 2.75) is 19.4 Å². The normalized spacial score (nSPS) is 10.8. The number of nitrogens with two attached hydrogens (primary N) is 1. The summed E-state index contributed by atoms with van der Waals surface area (Å²) in [6, 6.07) is 2.79. The van der Waals surface area contributed by atoms with Gasteiger partial charge in [-0.15, -0.1) is 0 Å². The van der Waals surface area contributed by atoms with Crippen LogP contribution in [0.4, 0.5) is 4.79 Å². The third-order valence-corrected chi connectivity index (χ3v) is 1.87. The van der Waals surface area contributed by atoms with E-state index in [0.717, 1.165) is 0 Å². The lowest BCUT2D eigenvalue weighted by Gasteiger charge is -2.17. The Morgan fingerprint density at radius 2 is 2.17 bits per heavy atom. The van der Waals surface area contributed by atoms with Gasteiger partial charge in [0, 0.05) is 6.54 Å². The number of rotatable bonds is 4. The second-order valence-electron chi connectivity index (χ2n) is 4.30. The van der Waals surface area contributed by atoms with Crippen molar-refractivity contribution in [3.05, 3.63) is 24.0 Å². The lowest BCUT2D eigenvalue weighted by Crippen LogP contribution is -2.38. The van der Waals surface area contributed by atoms with E-state index in [1.54, 1.807) is 13.8 Å². The average molecular weight is 253 g/mol. The first-order chi connectivity index (χ1) is 8.28. The number of carbonyl (C=O) groups is 2. The summed E-state index contributed by atoms with van der Waals surface area (Å²) >= 11 is 0. The lowest BCUT2D eigenvalue weighted by atomic mass is 10.1. The number of aliphatic hydroxyl groups is 1.